The van der Waals surface area contributed by atoms with Crippen LogP contribution < -0.4 is 0 Å². The molecule has 0 N–H and O–H groups in total. The molecule has 3 aromatic rings. The molecule has 1 aromatic heterocycles. The summed E-state index contributed by atoms with van der Waals surface area (Å²) in [7, 11) is 0.259. The summed E-state index contributed by atoms with van der Waals surface area (Å²) in [6.07, 6.45) is 0.433. The van der Waals surface area contributed by atoms with Gasteiger partial charge in [-0.1, -0.05) is 20.4 Å². The number of esters is 2. The second-order valence-electron chi connectivity index (χ2n) is 11.5. The van der Waals surface area contributed by atoms with Gasteiger partial charge in [-0.05, 0) is 111 Å². The smallest absolute Gasteiger partial charge is 0.462 e. The first kappa shape index (κ1) is 37.8. The highest BCUT2D eigenvalue weighted by Gasteiger charge is 2.36. The second kappa shape index (κ2) is 15.7. The molecular weight excluding hydrogens is 654 g/mol. The zero-order chi connectivity index (χ0) is 37.0. The number of nitrogens with zero attached hydrogens (tertiary/aromatic N) is 2. The van der Waals surface area contributed by atoms with Crippen molar-refractivity contribution in [2.24, 2.45) is 4.99 Å². The molecule has 0 saturated heterocycles. The zero-order valence-electron chi connectivity index (χ0n) is 29.0. The third-order valence-electron chi connectivity index (χ3n) is 8.45. The van der Waals surface area contributed by atoms with Gasteiger partial charge in [0.1, 0.15) is 23.3 Å². The van der Waals surface area contributed by atoms with E-state index in [-0.39, 0.29) is 101 Å². The van der Waals surface area contributed by atoms with E-state index in [1.165, 1.54) is 6.92 Å². The first-order valence-electron chi connectivity index (χ1n) is 16.1. The highest BCUT2D eigenvalue weighted by Crippen LogP contribution is 2.47. The molecule has 1 aliphatic heterocycles. The predicted octanol–water partition coefficient (Wildman–Crippen LogP) is 9.09. The maximum Gasteiger partial charge on any atom is 0.495 e. The average Bonchev–Trinajstić information content (AvgIpc) is 3.54. The van der Waals surface area contributed by atoms with Gasteiger partial charge >= 0.3 is 19.6 Å². The van der Waals surface area contributed by atoms with E-state index in [1.54, 1.807) is 41.5 Å². The van der Waals surface area contributed by atoms with Crippen LogP contribution in [0.25, 0.3) is 16.7 Å². The fraction of sp³-hybridized carbons (Fsp3) is 0.289. The van der Waals surface area contributed by atoms with Gasteiger partial charge in [0.25, 0.3) is 0 Å². The number of carbonyl (C=O) groups is 2. The number of aromatic nitrogens is 1. The topological polar surface area (TPSA) is 69.9 Å². The van der Waals surface area contributed by atoms with Gasteiger partial charge in [0.15, 0.2) is 0 Å². The van der Waals surface area contributed by atoms with Gasteiger partial charge in [-0.3, -0.25) is 4.99 Å². The third-order valence-corrected chi connectivity index (χ3v) is 8.45. The van der Waals surface area contributed by atoms with Crippen LogP contribution >= 0.6 is 0 Å². The third kappa shape index (κ3) is 7.15. The summed E-state index contributed by atoms with van der Waals surface area (Å²) in [6.45, 7) is 15.8. The Morgan fingerprint density at radius 1 is 0.820 bits per heavy atom. The van der Waals surface area contributed by atoms with Crippen molar-refractivity contribution in [2.45, 2.75) is 61.3 Å². The van der Waals surface area contributed by atoms with Gasteiger partial charge in [0.05, 0.1) is 35.8 Å². The molecule has 0 bridgehead atoms. The molecule has 6 nitrogen and oxygen atoms in total. The van der Waals surface area contributed by atoms with Crippen LogP contribution in [-0.2, 0) is 20.7 Å². The summed E-state index contributed by atoms with van der Waals surface area (Å²) < 4.78 is 86.1. The molecule has 2 heterocycles. The van der Waals surface area contributed by atoms with E-state index in [0.29, 0.717) is 23.4 Å². The van der Waals surface area contributed by atoms with Crippen LogP contribution in [0.4, 0.5) is 21.9 Å². The number of allylic oxidation sites excluding steroid dienone is 5. The molecule has 1 radical (unpaired) electrons. The summed E-state index contributed by atoms with van der Waals surface area (Å²) in [5, 5.41) is 0. The van der Waals surface area contributed by atoms with Gasteiger partial charge in [-0.15, -0.1) is 0 Å². The van der Waals surface area contributed by atoms with Crippen molar-refractivity contribution < 1.29 is 40.9 Å². The Hall–Kier alpha value is -5.00. The summed E-state index contributed by atoms with van der Waals surface area (Å²) in [5.74, 6) is -5.04. The van der Waals surface area contributed by atoms with Gasteiger partial charge < -0.3 is 18.3 Å². The van der Waals surface area contributed by atoms with Crippen LogP contribution in [0.5, 0.6) is 0 Å². The molecule has 12 heteroatoms. The number of hydrogen-bond donors (Lipinski definition) is 0. The lowest BCUT2D eigenvalue weighted by molar-refractivity contribution is -0.137. The highest BCUT2D eigenvalue weighted by atomic mass is 19.1. The number of hydrogen-bond acceptors (Lipinski definition) is 5. The van der Waals surface area contributed by atoms with Crippen LogP contribution in [0.15, 0.2) is 70.4 Å². The van der Waals surface area contributed by atoms with Crippen molar-refractivity contribution in [3.63, 3.8) is 0 Å². The quantitative estimate of drug-likeness (QED) is 0.0823. The van der Waals surface area contributed by atoms with E-state index >= 15 is 4.32 Å². The Morgan fingerprint density at radius 3 is 1.82 bits per heavy atom. The number of carbonyl (C=O) groups excluding carboxylic acids is 2. The van der Waals surface area contributed by atoms with Gasteiger partial charge in [0.2, 0.25) is 0 Å². The summed E-state index contributed by atoms with van der Waals surface area (Å²) in [6, 6.07) is 5.56. The molecule has 50 heavy (non-hydrogen) atoms. The molecule has 4 rings (SSSR count). The molecule has 1 aliphatic rings. The minimum Gasteiger partial charge on any atom is -0.462 e. The average molecular weight is 692 g/mol. The Bertz CT molecular complexity index is 1980. The number of halogens is 5. The van der Waals surface area contributed by atoms with Crippen LogP contribution in [0.2, 0.25) is 0 Å². The summed E-state index contributed by atoms with van der Waals surface area (Å²) in [5.41, 5.74) is 1.78. The van der Waals surface area contributed by atoms with Crippen molar-refractivity contribution in [3.8, 4) is 0 Å². The molecule has 0 unspecified atom stereocenters. The largest absolute Gasteiger partial charge is 0.495 e. The number of rotatable bonds is 12. The fourth-order valence-electron chi connectivity index (χ4n) is 6.29. The molecule has 0 saturated carbocycles. The van der Waals surface area contributed by atoms with Crippen molar-refractivity contribution >= 4 is 42.1 Å². The van der Waals surface area contributed by atoms with Crippen molar-refractivity contribution in [2.75, 3.05) is 13.2 Å². The Morgan fingerprint density at radius 2 is 1.34 bits per heavy atom. The zero-order valence-corrected chi connectivity index (χ0v) is 29.0. The predicted molar refractivity (Wildman–Crippen MR) is 185 cm³/mol. The lowest BCUT2D eigenvalue weighted by atomic mass is 9.82. The first-order valence-corrected chi connectivity index (χ1v) is 16.1. The van der Waals surface area contributed by atoms with E-state index < -0.39 is 35.2 Å². The Labute approximate surface area is 289 Å². The SMILES string of the molecule is C=C(C(=C(\C)c1cc(F)cc(F)c1)/C(=C1/N=C(CC)C(C(=O)OCC)=C1C)c1c(C)c(C(=O)OCC)c(CC)n1[B]F)c1cc(F)cc(F)c1. The highest BCUT2D eigenvalue weighted by molar-refractivity contribution is 6.27. The van der Waals surface area contributed by atoms with E-state index in [2.05, 4.69) is 6.58 Å². The van der Waals surface area contributed by atoms with Crippen molar-refractivity contribution in [1.29, 1.82) is 0 Å². The number of aliphatic imine (C=N–C) groups is 1. The van der Waals surface area contributed by atoms with Gasteiger partial charge in [-0.25, -0.2) is 27.2 Å². The second-order valence-corrected chi connectivity index (χ2v) is 11.5. The van der Waals surface area contributed by atoms with Crippen molar-refractivity contribution in [3.05, 3.63) is 122 Å². The molecule has 0 fully saturated rings. The van der Waals surface area contributed by atoms with Crippen LogP contribution in [0.3, 0.4) is 0 Å². The normalized spacial score (nSPS) is 14.4. The summed E-state index contributed by atoms with van der Waals surface area (Å²) in [4.78, 5) is 31.5. The molecule has 261 valence electrons. The standard InChI is InChI=1S/C38H37BF5N2O4/c1-9-29-32(37(47)49-11-3)21(7)35(45-29)34(36-22(8)33(38(48)50-12-4)30(10-2)46(36)39-44)31(19(5)23-13-25(40)17-26(41)14-23)20(6)24-15-27(42)18-28(43)16-24/h13-18H,5,9-12H2,1-4,6-8H3/b31-20-,35-34-. The van der Waals surface area contributed by atoms with E-state index in [9.17, 15) is 27.2 Å². The molecule has 0 aliphatic carbocycles. The van der Waals surface area contributed by atoms with E-state index in [1.807, 2.05) is 0 Å². The monoisotopic (exact) mass is 691 g/mol. The Balaban J connectivity index is 2.34. The first-order chi connectivity index (χ1) is 23.7. The molecule has 0 spiro atoms. The summed E-state index contributed by atoms with van der Waals surface area (Å²) >= 11 is 0. The van der Waals surface area contributed by atoms with E-state index in [0.717, 1.165) is 28.7 Å². The number of ether oxygens (including phenoxy) is 2. The molecule has 0 atom stereocenters. The minimum absolute atomic E-state index is 0.0274. The molecule has 0 amide bonds. The van der Waals surface area contributed by atoms with Gasteiger partial charge in [-0.2, -0.15) is 0 Å². The Kier molecular flexibility index (Phi) is 11.9. The van der Waals surface area contributed by atoms with Crippen LogP contribution in [0.1, 0.15) is 86.4 Å². The number of benzene rings is 2. The maximum absolute atomic E-state index is 15.3. The lowest BCUT2D eigenvalue weighted by Gasteiger charge is -2.23. The van der Waals surface area contributed by atoms with Crippen LogP contribution in [-0.4, -0.2) is 43.0 Å². The lowest BCUT2D eigenvalue weighted by Crippen LogP contribution is -2.14. The van der Waals surface area contributed by atoms with E-state index in [4.69, 9.17) is 14.5 Å². The van der Waals surface area contributed by atoms with Gasteiger partial charge in [0, 0.05) is 29.1 Å². The molecule has 2 aromatic carbocycles. The fourth-order valence-corrected chi connectivity index (χ4v) is 6.29. The maximum atomic E-state index is 15.3. The van der Waals surface area contributed by atoms with Crippen molar-refractivity contribution in [1.82, 2.24) is 4.48 Å². The minimum atomic E-state index is -0.925. The molecular formula is C38H37BF5N2O4. The van der Waals surface area contributed by atoms with Crippen LogP contribution in [0, 0.1) is 30.2 Å².